The highest BCUT2D eigenvalue weighted by atomic mass is 16.5. The lowest BCUT2D eigenvalue weighted by Gasteiger charge is -2.17. The van der Waals surface area contributed by atoms with Crippen LogP contribution in [0.4, 0.5) is 5.69 Å². The average molecular weight is 339 g/mol. The third-order valence-electron chi connectivity index (χ3n) is 4.54. The molecule has 5 nitrogen and oxygen atoms in total. The summed E-state index contributed by atoms with van der Waals surface area (Å²) in [4.78, 5) is 26.4. The molecule has 1 amide bonds. The third kappa shape index (κ3) is 3.65. The van der Waals surface area contributed by atoms with Crippen LogP contribution in [0, 0.1) is 19.8 Å². The molecule has 0 unspecified atom stereocenters. The maximum absolute atomic E-state index is 12.4. The highest BCUT2D eigenvalue weighted by molar-refractivity contribution is 5.99. The average Bonchev–Trinajstić information content (AvgIpc) is 3.00. The van der Waals surface area contributed by atoms with E-state index in [2.05, 4.69) is 0 Å². The van der Waals surface area contributed by atoms with Crippen molar-refractivity contribution in [3.05, 3.63) is 53.6 Å². The summed E-state index contributed by atoms with van der Waals surface area (Å²) in [5.74, 6) is 0.237. The summed E-state index contributed by atoms with van der Waals surface area (Å²) in [6.07, 6.45) is 0.169. The van der Waals surface area contributed by atoms with Gasteiger partial charge in [-0.2, -0.15) is 0 Å². The maximum atomic E-state index is 12.4. The van der Waals surface area contributed by atoms with Gasteiger partial charge in [0.1, 0.15) is 11.5 Å². The highest BCUT2D eigenvalue weighted by Crippen LogP contribution is 2.28. The number of rotatable bonds is 4. The minimum Gasteiger partial charge on any atom is -0.497 e. The van der Waals surface area contributed by atoms with Crippen LogP contribution in [0.15, 0.2) is 42.5 Å². The van der Waals surface area contributed by atoms with Crippen LogP contribution in [0.25, 0.3) is 0 Å². The van der Waals surface area contributed by atoms with Gasteiger partial charge in [-0.1, -0.05) is 6.07 Å². The lowest BCUT2D eigenvalue weighted by Crippen LogP contribution is -2.27. The van der Waals surface area contributed by atoms with E-state index >= 15 is 0 Å². The Hall–Kier alpha value is -2.82. The van der Waals surface area contributed by atoms with Crippen LogP contribution in [-0.4, -0.2) is 25.5 Å². The number of carbonyl (C=O) groups is 2. The Labute approximate surface area is 147 Å². The molecule has 1 aliphatic rings. The summed E-state index contributed by atoms with van der Waals surface area (Å²) < 4.78 is 10.5. The van der Waals surface area contributed by atoms with E-state index in [1.54, 1.807) is 36.3 Å². The summed E-state index contributed by atoms with van der Waals surface area (Å²) in [5.41, 5.74) is 3.12. The van der Waals surface area contributed by atoms with Gasteiger partial charge < -0.3 is 14.4 Å². The smallest absolute Gasteiger partial charge is 0.316 e. The molecule has 0 spiro atoms. The summed E-state index contributed by atoms with van der Waals surface area (Å²) in [5, 5.41) is 0. The van der Waals surface area contributed by atoms with Gasteiger partial charge in [-0.05, 0) is 61.4 Å². The highest BCUT2D eigenvalue weighted by Gasteiger charge is 2.36. The zero-order valence-electron chi connectivity index (χ0n) is 14.6. The normalized spacial score (nSPS) is 16.8. The molecule has 5 heteroatoms. The van der Waals surface area contributed by atoms with Gasteiger partial charge in [0.15, 0.2) is 0 Å². The van der Waals surface area contributed by atoms with E-state index in [0.29, 0.717) is 18.0 Å². The standard InChI is InChI=1S/C20H21NO4/c1-13-4-5-16(10-14(13)2)21-12-15(11-19(21)22)20(23)25-18-8-6-17(24-3)7-9-18/h4-10,15H,11-12H2,1-3H3/t15-/m1/s1. The van der Waals surface area contributed by atoms with E-state index in [1.165, 1.54) is 5.56 Å². The Balaban J connectivity index is 1.68. The van der Waals surface area contributed by atoms with Crippen LogP contribution >= 0.6 is 0 Å². The molecule has 1 heterocycles. The Bertz CT molecular complexity index is 798. The summed E-state index contributed by atoms with van der Waals surface area (Å²) in [7, 11) is 1.58. The number of nitrogens with zero attached hydrogens (tertiary/aromatic N) is 1. The van der Waals surface area contributed by atoms with Gasteiger partial charge in [-0.3, -0.25) is 9.59 Å². The minimum atomic E-state index is -0.462. The van der Waals surface area contributed by atoms with Gasteiger partial charge in [0, 0.05) is 18.7 Å². The SMILES string of the molecule is COc1ccc(OC(=O)[C@@H]2CC(=O)N(c3ccc(C)c(C)c3)C2)cc1. The maximum Gasteiger partial charge on any atom is 0.316 e. The molecule has 0 radical (unpaired) electrons. The molecule has 2 aromatic carbocycles. The zero-order valence-corrected chi connectivity index (χ0v) is 14.6. The van der Waals surface area contributed by atoms with Crippen LogP contribution in [0.2, 0.25) is 0 Å². The van der Waals surface area contributed by atoms with Crippen LogP contribution < -0.4 is 14.4 Å². The fraction of sp³-hybridized carbons (Fsp3) is 0.300. The monoisotopic (exact) mass is 339 g/mol. The zero-order chi connectivity index (χ0) is 18.0. The van der Waals surface area contributed by atoms with Crippen LogP contribution in [-0.2, 0) is 9.59 Å². The van der Waals surface area contributed by atoms with Gasteiger partial charge in [0.05, 0.1) is 13.0 Å². The van der Waals surface area contributed by atoms with Gasteiger partial charge in [0.2, 0.25) is 5.91 Å². The second-order valence-corrected chi connectivity index (χ2v) is 6.27. The van der Waals surface area contributed by atoms with Crippen molar-refractivity contribution in [2.45, 2.75) is 20.3 Å². The van der Waals surface area contributed by atoms with Crippen LogP contribution in [0.5, 0.6) is 11.5 Å². The van der Waals surface area contributed by atoms with Crippen molar-refractivity contribution >= 4 is 17.6 Å². The number of esters is 1. The molecule has 1 saturated heterocycles. The molecule has 1 fully saturated rings. The van der Waals surface area contributed by atoms with Gasteiger partial charge in [0.25, 0.3) is 0 Å². The Morgan fingerprint density at radius 2 is 1.72 bits per heavy atom. The summed E-state index contributed by atoms with van der Waals surface area (Å²) in [6, 6.07) is 12.7. The van der Waals surface area contributed by atoms with Crippen molar-refractivity contribution in [3.8, 4) is 11.5 Å². The number of anilines is 1. The van der Waals surface area contributed by atoms with E-state index in [4.69, 9.17) is 9.47 Å². The van der Waals surface area contributed by atoms with Crippen molar-refractivity contribution in [3.63, 3.8) is 0 Å². The number of benzene rings is 2. The molecule has 3 rings (SSSR count). The van der Waals surface area contributed by atoms with Crippen LogP contribution in [0.3, 0.4) is 0 Å². The van der Waals surface area contributed by atoms with E-state index in [0.717, 1.165) is 11.3 Å². The first-order chi connectivity index (χ1) is 12.0. The van der Waals surface area contributed by atoms with Crippen molar-refractivity contribution < 1.29 is 19.1 Å². The first-order valence-corrected chi connectivity index (χ1v) is 8.21. The van der Waals surface area contributed by atoms with E-state index in [-0.39, 0.29) is 18.3 Å². The Morgan fingerprint density at radius 3 is 2.36 bits per heavy atom. The number of ether oxygens (including phenoxy) is 2. The lowest BCUT2D eigenvalue weighted by molar-refractivity contribution is -0.139. The fourth-order valence-corrected chi connectivity index (χ4v) is 2.85. The molecular weight excluding hydrogens is 318 g/mol. The number of carbonyl (C=O) groups excluding carboxylic acids is 2. The van der Waals surface area contributed by atoms with Crippen molar-refractivity contribution in [1.82, 2.24) is 0 Å². The Morgan fingerprint density at radius 1 is 1.04 bits per heavy atom. The second-order valence-electron chi connectivity index (χ2n) is 6.27. The predicted octanol–water partition coefficient (Wildman–Crippen LogP) is 3.27. The lowest BCUT2D eigenvalue weighted by atomic mass is 10.1. The number of hydrogen-bond donors (Lipinski definition) is 0. The molecule has 0 bridgehead atoms. The molecule has 0 N–H and O–H groups in total. The van der Waals surface area contributed by atoms with E-state index < -0.39 is 5.92 Å². The molecule has 1 atom stereocenters. The van der Waals surface area contributed by atoms with Crippen molar-refractivity contribution in [1.29, 1.82) is 0 Å². The number of hydrogen-bond acceptors (Lipinski definition) is 4. The molecule has 130 valence electrons. The van der Waals surface area contributed by atoms with E-state index in [1.807, 2.05) is 32.0 Å². The first-order valence-electron chi connectivity index (χ1n) is 8.21. The second kappa shape index (κ2) is 6.97. The Kier molecular flexibility index (Phi) is 4.74. The molecule has 0 saturated carbocycles. The first kappa shape index (κ1) is 17.0. The quantitative estimate of drug-likeness (QED) is 0.634. The molecule has 25 heavy (non-hydrogen) atoms. The number of methoxy groups -OCH3 is 1. The van der Waals surface area contributed by atoms with Crippen molar-refractivity contribution in [2.75, 3.05) is 18.6 Å². The fourth-order valence-electron chi connectivity index (χ4n) is 2.85. The number of aryl methyl sites for hydroxylation is 2. The van der Waals surface area contributed by atoms with Crippen molar-refractivity contribution in [2.24, 2.45) is 5.92 Å². The molecule has 2 aromatic rings. The molecule has 0 aliphatic carbocycles. The molecular formula is C20H21NO4. The van der Waals surface area contributed by atoms with E-state index in [9.17, 15) is 9.59 Å². The van der Waals surface area contributed by atoms with Crippen LogP contribution in [0.1, 0.15) is 17.5 Å². The summed E-state index contributed by atoms with van der Waals surface area (Å²) >= 11 is 0. The molecule has 0 aromatic heterocycles. The van der Waals surface area contributed by atoms with Gasteiger partial charge in [-0.25, -0.2) is 0 Å². The van der Waals surface area contributed by atoms with Gasteiger partial charge in [-0.15, -0.1) is 0 Å². The number of amides is 1. The third-order valence-corrected chi connectivity index (χ3v) is 4.54. The topological polar surface area (TPSA) is 55.8 Å². The predicted molar refractivity (Wildman–Crippen MR) is 95.0 cm³/mol. The minimum absolute atomic E-state index is 0.0556. The largest absolute Gasteiger partial charge is 0.497 e. The summed E-state index contributed by atoms with van der Waals surface area (Å²) in [6.45, 7) is 4.38. The molecule has 1 aliphatic heterocycles. The van der Waals surface area contributed by atoms with Gasteiger partial charge >= 0.3 is 5.97 Å².